The van der Waals surface area contributed by atoms with Crippen LogP contribution >= 0.6 is 27.3 Å². The summed E-state index contributed by atoms with van der Waals surface area (Å²) in [6, 6.07) is 9.44. The summed E-state index contributed by atoms with van der Waals surface area (Å²) in [5.41, 5.74) is 7.95. The van der Waals surface area contributed by atoms with E-state index in [1.54, 1.807) is 30.5 Å². The van der Waals surface area contributed by atoms with Gasteiger partial charge in [0.25, 0.3) is 5.91 Å². The number of amides is 1. The number of hydrogen-bond donors (Lipinski definition) is 3. The van der Waals surface area contributed by atoms with Crippen molar-refractivity contribution in [2.75, 3.05) is 24.6 Å². The lowest BCUT2D eigenvalue weighted by molar-refractivity contribution is 0.0963. The van der Waals surface area contributed by atoms with Crippen molar-refractivity contribution in [1.29, 1.82) is 0 Å². The number of halogens is 1. The summed E-state index contributed by atoms with van der Waals surface area (Å²) in [5.74, 6) is -0.133. The molecule has 2 aromatic rings. The van der Waals surface area contributed by atoms with Crippen molar-refractivity contribution >= 4 is 44.5 Å². The first-order valence-electron chi connectivity index (χ1n) is 6.20. The van der Waals surface area contributed by atoms with Crippen LogP contribution in [0.15, 0.2) is 34.1 Å². The molecule has 0 atom stereocenters. The Morgan fingerprint density at radius 1 is 1.35 bits per heavy atom. The van der Waals surface area contributed by atoms with Crippen LogP contribution < -0.4 is 16.4 Å². The Kier molecular flexibility index (Phi) is 5.03. The molecule has 0 fully saturated rings. The van der Waals surface area contributed by atoms with E-state index in [2.05, 4.69) is 32.6 Å². The van der Waals surface area contributed by atoms with Crippen molar-refractivity contribution in [2.24, 2.45) is 0 Å². The Morgan fingerprint density at radius 3 is 2.75 bits per heavy atom. The fourth-order valence-electron chi connectivity index (χ4n) is 1.82. The lowest BCUT2D eigenvalue weighted by atomic mass is 10.1. The molecule has 0 aliphatic rings. The molecule has 1 heterocycles. The lowest BCUT2D eigenvalue weighted by Crippen LogP contribution is -2.18. The summed E-state index contributed by atoms with van der Waals surface area (Å²) in [5, 5.41) is 5.87. The Bertz CT molecular complexity index is 612. The standard InChI is InChI=1S/C14H16BrN3OS/c1-17-14(19)9-2-4-12(11(16)8-9)18-7-6-10-3-5-13(15)20-10/h2-5,8,18H,6-7,16H2,1H3,(H,17,19). The normalized spacial score (nSPS) is 10.3. The lowest BCUT2D eigenvalue weighted by Gasteiger charge is -2.10. The van der Waals surface area contributed by atoms with Gasteiger partial charge in [-0.2, -0.15) is 0 Å². The molecule has 0 saturated heterocycles. The highest BCUT2D eigenvalue weighted by atomic mass is 79.9. The minimum Gasteiger partial charge on any atom is -0.397 e. The van der Waals surface area contributed by atoms with E-state index in [0.717, 1.165) is 22.4 Å². The summed E-state index contributed by atoms with van der Waals surface area (Å²) in [6.45, 7) is 0.802. The number of nitrogen functional groups attached to an aromatic ring is 1. The maximum atomic E-state index is 11.5. The van der Waals surface area contributed by atoms with Gasteiger partial charge in [0, 0.05) is 24.0 Å². The molecule has 0 saturated carbocycles. The smallest absolute Gasteiger partial charge is 0.251 e. The van der Waals surface area contributed by atoms with Gasteiger partial charge in [-0.15, -0.1) is 11.3 Å². The van der Waals surface area contributed by atoms with E-state index in [0.29, 0.717) is 11.3 Å². The minimum atomic E-state index is -0.133. The molecule has 4 nitrogen and oxygen atoms in total. The Morgan fingerprint density at radius 2 is 2.15 bits per heavy atom. The van der Waals surface area contributed by atoms with E-state index in [9.17, 15) is 4.79 Å². The summed E-state index contributed by atoms with van der Waals surface area (Å²) in [7, 11) is 1.60. The molecule has 0 unspecified atom stereocenters. The number of nitrogens with one attached hydrogen (secondary N) is 2. The van der Waals surface area contributed by atoms with E-state index < -0.39 is 0 Å². The van der Waals surface area contributed by atoms with Crippen molar-refractivity contribution in [3.05, 3.63) is 44.6 Å². The van der Waals surface area contributed by atoms with Crippen LogP contribution in [0.2, 0.25) is 0 Å². The summed E-state index contributed by atoms with van der Waals surface area (Å²) in [4.78, 5) is 12.8. The van der Waals surface area contributed by atoms with Gasteiger partial charge in [0.05, 0.1) is 15.2 Å². The third-order valence-corrected chi connectivity index (χ3v) is 4.54. The first-order valence-corrected chi connectivity index (χ1v) is 7.81. The van der Waals surface area contributed by atoms with Crippen molar-refractivity contribution in [3.8, 4) is 0 Å². The average Bonchev–Trinajstić information content (AvgIpc) is 2.85. The quantitative estimate of drug-likeness (QED) is 0.723. The van der Waals surface area contributed by atoms with Gasteiger partial charge in [-0.3, -0.25) is 4.79 Å². The highest BCUT2D eigenvalue weighted by molar-refractivity contribution is 9.11. The third kappa shape index (κ3) is 3.74. The van der Waals surface area contributed by atoms with Crippen molar-refractivity contribution < 1.29 is 4.79 Å². The second kappa shape index (κ2) is 6.76. The number of hydrogen-bond acceptors (Lipinski definition) is 4. The van der Waals surface area contributed by atoms with Crippen LogP contribution in [0, 0.1) is 0 Å². The molecule has 0 aliphatic carbocycles. The van der Waals surface area contributed by atoms with Gasteiger partial charge in [0.15, 0.2) is 0 Å². The van der Waals surface area contributed by atoms with Crippen LogP contribution in [0.4, 0.5) is 11.4 Å². The van der Waals surface area contributed by atoms with E-state index >= 15 is 0 Å². The summed E-state index contributed by atoms with van der Waals surface area (Å²) in [6.07, 6.45) is 0.937. The van der Waals surface area contributed by atoms with Gasteiger partial charge in [0.1, 0.15) is 0 Å². The molecule has 1 amide bonds. The molecule has 1 aromatic carbocycles. The van der Waals surface area contributed by atoms with Gasteiger partial charge in [-0.25, -0.2) is 0 Å². The number of carbonyl (C=O) groups excluding carboxylic acids is 1. The number of carbonyl (C=O) groups is 1. The predicted octanol–water partition coefficient (Wildman–Crippen LogP) is 3.11. The zero-order chi connectivity index (χ0) is 14.5. The van der Waals surface area contributed by atoms with Gasteiger partial charge in [0.2, 0.25) is 0 Å². The first-order chi connectivity index (χ1) is 9.60. The Hall–Kier alpha value is -1.53. The second-order valence-corrected chi connectivity index (χ2v) is 6.81. The van der Waals surface area contributed by atoms with Crippen LogP contribution in [-0.4, -0.2) is 19.5 Å². The molecule has 0 radical (unpaired) electrons. The maximum absolute atomic E-state index is 11.5. The molecule has 0 bridgehead atoms. The number of thiophene rings is 1. The average molecular weight is 354 g/mol. The van der Waals surface area contributed by atoms with E-state index in [1.165, 1.54) is 4.88 Å². The molecule has 6 heteroatoms. The largest absolute Gasteiger partial charge is 0.397 e. The third-order valence-electron chi connectivity index (χ3n) is 2.86. The van der Waals surface area contributed by atoms with Crippen LogP contribution in [0.5, 0.6) is 0 Å². The molecule has 0 aliphatic heterocycles. The Labute approximate surface area is 130 Å². The van der Waals surface area contributed by atoms with Crippen molar-refractivity contribution in [2.45, 2.75) is 6.42 Å². The highest BCUT2D eigenvalue weighted by Gasteiger charge is 2.06. The van der Waals surface area contributed by atoms with Gasteiger partial charge < -0.3 is 16.4 Å². The van der Waals surface area contributed by atoms with E-state index in [-0.39, 0.29) is 5.91 Å². The van der Waals surface area contributed by atoms with Crippen LogP contribution in [-0.2, 0) is 6.42 Å². The minimum absolute atomic E-state index is 0.133. The van der Waals surface area contributed by atoms with Crippen LogP contribution in [0.3, 0.4) is 0 Å². The molecule has 2 rings (SSSR count). The zero-order valence-electron chi connectivity index (χ0n) is 11.1. The predicted molar refractivity (Wildman–Crippen MR) is 88.5 cm³/mol. The fraction of sp³-hybridized carbons (Fsp3) is 0.214. The van der Waals surface area contributed by atoms with Gasteiger partial charge in [-0.1, -0.05) is 0 Å². The van der Waals surface area contributed by atoms with Gasteiger partial charge >= 0.3 is 0 Å². The second-order valence-electron chi connectivity index (χ2n) is 4.26. The van der Waals surface area contributed by atoms with Crippen molar-refractivity contribution in [1.82, 2.24) is 5.32 Å². The monoisotopic (exact) mass is 353 g/mol. The zero-order valence-corrected chi connectivity index (χ0v) is 13.5. The molecule has 0 spiro atoms. The number of rotatable bonds is 5. The molecular weight excluding hydrogens is 338 g/mol. The molecule has 4 N–H and O–H groups in total. The van der Waals surface area contributed by atoms with E-state index in [4.69, 9.17) is 5.73 Å². The SMILES string of the molecule is CNC(=O)c1ccc(NCCc2ccc(Br)s2)c(N)c1. The molecule has 20 heavy (non-hydrogen) atoms. The molecule has 106 valence electrons. The van der Waals surface area contributed by atoms with Crippen LogP contribution in [0.25, 0.3) is 0 Å². The molecular formula is C14H16BrN3OS. The maximum Gasteiger partial charge on any atom is 0.251 e. The Balaban J connectivity index is 1.94. The number of benzene rings is 1. The van der Waals surface area contributed by atoms with Crippen LogP contribution in [0.1, 0.15) is 15.2 Å². The highest BCUT2D eigenvalue weighted by Crippen LogP contribution is 2.23. The van der Waals surface area contributed by atoms with Gasteiger partial charge in [-0.05, 0) is 52.7 Å². The first kappa shape index (κ1) is 14.9. The summed E-state index contributed by atoms with van der Waals surface area (Å²) < 4.78 is 1.14. The summed E-state index contributed by atoms with van der Waals surface area (Å²) >= 11 is 5.18. The number of anilines is 2. The van der Waals surface area contributed by atoms with E-state index in [1.807, 2.05) is 12.1 Å². The topological polar surface area (TPSA) is 67.2 Å². The number of nitrogens with two attached hydrogens (primary N) is 1. The molecule has 1 aromatic heterocycles. The fourth-order valence-corrected chi connectivity index (χ4v) is 3.30. The van der Waals surface area contributed by atoms with Crippen molar-refractivity contribution in [3.63, 3.8) is 0 Å².